The Hall–Kier alpha value is -1.92. The maximum absolute atomic E-state index is 11.9. The number of aryl methyl sites for hydroxylation is 1. The molecule has 0 unspecified atom stereocenters. The van der Waals surface area contributed by atoms with Crippen LogP contribution in [0.5, 0.6) is 0 Å². The molecular weight excluding hydrogens is 342 g/mol. The highest BCUT2D eigenvalue weighted by atomic mass is 35.5. The number of rotatable bonds is 6. The number of carboxylic acids is 1. The van der Waals surface area contributed by atoms with Gasteiger partial charge in [0.1, 0.15) is 18.3 Å². The molecule has 25 heavy (non-hydrogen) atoms. The normalized spacial score (nSPS) is 29.0. The SMILES string of the molecule is C[C@@]1(C(=O)O)CC[C@H](CCc2ccc(Cl)cc2)[C@@]1(O)Cn1cncn1. The van der Waals surface area contributed by atoms with E-state index < -0.39 is 17.0 Å². The topological polar surface area (TPSA) is 88.2 Å². The molecule has 1 saturated carbocycles. The summed E-state index contributed by atoms with van der Waals surface area (Å²) in [6, 6.07) is 7.61. The molecule has 6 nitrogen and oxygen atoms in total. The van der Waals surface area contributed by atoms with E-state index in [0.29, 0.717) is 24.3 Å². The molecule has 7 heteroatoms. The summed E-state index contributed by atoms with van der Waals surface area (Å²) < 4.78 is 1.52. The van der Waals surface area contributed by atoms with Crippen LogP contribution in [0.1, 0.15) is 31.7 Å². The average molecular weight is 364 g/mol. The summed E-state index contributed by atoms with van der Waals surface area (Å²) in [5.74, 6) is -1.10. The third-order valence-corrected chi connectivity index (χ3v) is 5.91. The van der Waals surface area contributed by atoms with Crippen LogP contribution in [0.2, 0.25) is 5.02 Å². The van der Waals surface area contributed by atoms with E-state index in [1.54, 1.807) is 6.92 Å². The Morgan fingerprint density at radius 1 is 1.40 bits per heavy atom. The number of aliphatic carboxylic acids is 1. The van der Waals surface area contributed by atoms with E-state index in [1.807, 2.05) is 24.3 Å². The molecule has 3 atom stereocenters. The number of aliphatic hydroxyl groups is 1. The van der Waals surface area contributed by atoms with Crippen molar-refractivity contribution in [2.45, 2.75) is 44.8 Å². The maximum Gasteiger partial charge on any atom is 0.312 e. The van der Waals surface area contributed by atoms with Crippen molar-refractivity contribution >= 4 is 17.6 Å². The van der Waals surface area contributed by atoms with Crippen molar-refractivity contribution < 1.29 is 15.0 Å². The second-order valence-corrected chi connectivity index (χ2v) is 7.49. The van der Waals surface area contributed by atoms with E-state index in [1.165, 1.54) is 17.3 Å². The molecule has 0 amide bonds. The lowest BCUT2D eigenvalue weighted by Gasteiger charge is -2.40. The standard InChI is InChI=1S/C18H22ClN3O3/c1-17(16(23)24)9-8-14(5-2-13-3-6-15(19)7-4-13)18(17,25)10-22-12-20-11-21-22/h3-4,6-7,11-12,14,25H,2,5,8-10H2,1H3,(H,23,24)/t14-,17-,18-/m0/s1. The van der Waals surface area contributed by atoms with Crippen LogP contribution < -0.4 is 0 Å². The zero-order chi connectivity index (χ0) is 18.1. The number of aromatic nitrogens is 3. The first-order valence-electron chi connectivity index (χ1n) is 8.38. The third-order valence-electron chi connectivity index (χ3n) is 5.66. The molecule has 1 aromatic carbocycles. The minimum absolute atomic E-state index is 0.126. The molecule has 1 aliphatic rings. The van der Waals surface area contributed by atoms with Crippen LogP contribution in [-0.2, 0) is 17.8 Å². The Bertz CT molecular complexity index is 735. The van der Waals surface area contributed by atoms with Crippen molar-refractivity contribution in [1.29, 1.82) is 0 Å². The predicted octanol–water partition coefficient (Wildman–Crippen LogP) is 2.80. The minimum atomic E-state index is -1.38. The molecule has 1 aromatic heterocycles. The number of nitrogens with zero attached hydrogens (tertiary/aromatic N) is 3. The summed E-state index contributed by atoms with van der Waals surface area (Å²) in [5.41, 5.74) is -1.46. The van der Waals surface area contributed by atoms with Gasteiger partial charge < -0.3 is 10.2 Å². The van der Waals surface area contributed by atoms with E-state index in [0.717, 1.165) is 12.0 Å². The zero-order valence-electron chi connectivity index (χ0n) is 14.1. The number of carbonyl (C=O) groups is 1. The summed E-state index contributed by atoms with van der Waals surface area (Å²) in [4.78, 5) is 15.8. The zero-order valence-corrected chi connectivity index (χ0v) is 14.9. The quantitative estimate of drug-likeness (QED) is 0.823. The van der Waals surface area contributed by atoms with Crippen molar-refractivity contribution in [2.75, 3.05) is 0 Å². The van der Waals surface area contributed by atoms with Crippen molar-refractivity contribution in [3.05, 3.63) is 47.5 Å². The fourth-order valence-corrected chi connectivity index (χ4v) is 4.03. The van der Waals surface area contributed by atoms with Crippen molar-refractivity contribution in [2.24, 2.45) is 11.3 Å². The van der Waals surface area contributed by atoms with Crippen LogP contribution in [-0.4, -0.2) is 36.5 Å². The van der Waals surface area contributed by atoms with Crippen LogP contribution in [0, 0.1) is 11.3 Å². The molecular formula is C18H22ClN3O3. The van der Waals surface area contributed by atoms with Crippen LogP contribution in [0.15, 0.2) is 36.9 Å². The van der Waals surface area contributed by atoms with Gasteiger partial charge in [-0.1, -0.05) is 23.7 Å². The van der Waals surface area contributed by atoms with E-state index in [-0.39, 0.29) is 12.5 Å². The molecule has 1 heterocycles. The molecule has 0 radical (unpaired) electrons. The molecule has 1 fully saturated rings. The molecule has 0 spiro atoms. The highest BCUT2D eigenvalue weighted by molar-refractivity contribution is 6.30. The number of carboxylic acid groups (broad SMARTS) is 1. The first kappa shape index (κ1) is 17.9. The minimum Gasteiger partial charge on any atom is -0.481 e. The van der Waals surface area contributed by atoms with E-state index in [4.69, 9.17) is 11.6 Å². The fraction of sp³-hybridized carbons (Fsp3) is 0.500. The average Bonchev–Trinajstić information content (AvgIpc) is 3.16. The number of halogens is 1. The summed E-state index contributed by atoms with van der Waals surface area (Å²) in [6.45, 7) is 1.76. The second kappa shape index (κ2) is 6.77. The van der Waals surface area contributed by atoms with Crippen LogP contribution >= 0.6 is 11.6 Å². The summed E-state index contributed by atoms with van der Waals surface area (Å²) >= 11 is 5.92. The smallest absolute Gasteiger partial charge is 0.312 e. The van der Waals surface area contributed by atoms with Gasteiger partial charge in [0, 0.05) is 5.02 Å². The van der Waals surface area contributed by atoms with Gasteiger partial charge in [-0.05, 0) is 56.2 Å². The van der Waals surface area contributed by atoms with Gasteiger partial charge in [-0.2, -0.15) is 5.10 Å². The predicted molar refractivity (Wildman–Crippen MR) is 93.2 cm³/mol. The molecule has 134 valence electrons. The molecule has 0 aliphatic heterocycles. The molecule has 0 saturated heterocycles. The Labute approximate surface area is 151 Å². The molecule has 2 N–H and O–H groups in total. The second-order valence-electron chi connectivity index (χ2n) is 7.06. The summed E-state index contributed by atoms with van der Waals surface area (Å²) in [6.07, 6.45) is 5.47. The lowest BCUT2D eigenvalue weighted by Crippen LogP contribution is -2.54. The first-order valence-corrected chi connectivity index (χ1v) is 8.75. The van der Waals surface area contributed by atoms with Crippen molar-refractivity contribution in [1.82, 2.24) is 14.8 Å². The number of hydrogen-bond donors (Lipinski definition) is 2. The van der Waals surface area contributed by atoms with Crippen molar-refractivity contribution in [3.63, 3.8) is 0 Å². The monoisotopic (exact) mass is 363 g/mol. The summed E-state index contributed by atoms with van der Waals surface area (Å²) in [5, 5.41) is 25.9. The Kier molecular flexibility index (Phi) is 4.84. The number of benzene rings is 1. The first-order chi connectivity index (χ1) is 11.8. The van der Waals surface area contributed by atoms with Gasteiger partial charge in [0.15, 0.2) is 0 Å². The van der Waals surface area contributed by atoms with Crippen LogP contribution in [0.25, 0.3) is 0 Å². The van der Waals surface area contributed by atoms with Gasteiger partial charge in [-0.15, -0.1) is 0 Å². The maximum atomic E-state index is 11.9. The van der Waals surface area contributed by atoms with Crippen LogP contribution in [0.4, 0.5) is 0 Å². The van der Waals surface area contributed by atoms with E-state index in [9.17, 15) is 15.0 Å². The molecule has 1 aliphatic carbocycles. The highest BCUT2D eigenvalue weighted by Crippen LogP contribution is 2.52. The molecule has 0 bridgehead atoms. The van der Waals surface area contributed by atoms with Gasteiger partial charge >= 0.3 is 5.97 Å². The Morgan fingerprint density at radius 2 is 2.12 bits per heavy atom. The Morgan fingerprint density at radius 3 is 2.72 bits per heavy atom. The van der Waals surface area contributed by atoms with Gasteiger partial charge in [0.25, 0.3) is 0 Å². The van der Waals surface area contributed by atoms with Crippen LogP contribution in [0.3, 0.4) is 0 Å². The lowest BCUT2D eigenvalue weighted by molar-refractivity contribution is -0.169. The van der Waals surface area contributed by atoms with Gasteiger partial charge in [0.05, 0.1) is 12.0 Å². The fourth-order valence-electron chi connectivity index (χ4n) is 3.90. The van der Waals surface area contributed by atoms with Gasteiger partial charge in [-0.3, -0.25) is 9.48 Å². The Balaban J connectivity index is 1.81. The van der Waals surface area contributed by atoms with Gasteiger partial charge in [-0.25, -0.2) is 4.98 Å². The lowest BCUT2D eigenvalue weighted by atomic mass is 9.71. The van der Waals surface area contributed by atoms with E-state index >= 15 is 0 Å². The van der Waals surface area contributed by atoms with Crippen molar-refractivity contribution in [3.8, 4) is 0 Å². The van der Waals surface area contributed by atoms with Gasteiger partial charge in [0.2, 0.25) is 0 Å². The highest BCUT2D eigenvalue weighted by Gasteiger charge is 2.61. The molecule has 2 aromatic rings. The third kappa shape index (κ3) is 3.28. The largest absolute Gasteiger partial charge is 0.481 e. The molecule has 3 rings (SSSR count). The number of hydrogen-bond acceptors (Lipinski definition) is 4. The van der Waals surface area contributed by atoms with E-state index in [2.05, 4.69) is 10.1 Å². The summed E-state index contributed by atoms with van der Waals surface area (Å²) in [7, 11) is 0.